The van der Waals surface area contributed by atoms with Crippen molar-refractivity contribution in [3.8, 4) is 0 Å². The van der Waals surface area contributed by atoms with Gasteiger partial charge in [0.2, 0.25) is 0 Å². The normalized spacial score (nSPS) is 16.0. The lowest BCUT2D eigenvalue weighted by atomic mass is 9.98. The van der Waals surface area contributed by atoms with Gasteiger partial charge in [0.1, 0.15) is 0 Å². The highest BCUT2D eigenvalue weighted by Gasteiger charge is 2.23. The fourth-order valence-corrected chi connectivity index (χ4v) is 2.37. The van der Waals surface area contributed by atoms with Crippen molar-refractivity contribution in [1.82, 2.24) is 0 Å². The highest BCUT2D eigenvalue weighted by atomic mass is 14.9. The van der Waals surface area contributed by atoms with Crippen LogP contribution in [0.1, 0.15) is 5.56 Å². The van der Waals surface area contributed by atoms with E-state index in [1.54, 1.807) is 0 Å². The Labute approximate surface area is 92.7 Å². The average Bonchev–Trinajstić information content (AvgIpc) is 2.88. The molecule has 2 aliphatic rings. The first-order valence-corrected chi connectivity index (χ1v) is 5.28. The maximum Gasteiger partial charge on any atom is 0.0914 e. The van der Waals surface area contributed by atoms with Crippen LogP contribution >= 0.6 is 0 Å². The number of benzene rings is 2. The molecule has 0 aliphatic carbocycles. The van der Waals surface area contributed by atoms with Crippen LogP contribution in [0.15, 0.2) is 52.6 Å². The Hall–Kier alpha value is -2.22. The highest BCUT2D eigenvalue weighted by Crippen LogP contribution is 2.40. The van der Waals surface area contributed by atoms with Gasteiger partial charge < -0.3 is 0 Å². The number of hydrogen-bond donors (Lipinski definition) is 0. The Bertz CT molecular complexity index is 706. The number of fused-ring (bicyclic) bond motifs is 5. The van der Waals surface area contributed by atoms with Crippen LogP contribution in [0.5, 0.6) is 0 Å². The molecule has 2 aromatic rings. The molecule has 0 unspecified atom stereocenters. The molecule has 0 saturated carbocycles. The maximum absolute atomic E-state index is 4.56. The second-order valence-electron chi connectivity index (χ2n) is 4.00. The minimum atomic E-state index is 0.992. The van der Waals surface area contributed by atoms with Gasteiger partial charge in [0.05, 0.1) is 17.6 Å². The molecule has 2 heteroatoms. The summed E-state index contributed by atoms with van der Waals surface area (Å²) in [7, 11) is 0. The van der Waals surface area contributed by atoms with Crippen LogP contribution in [-0.2, 0) is 0 Å². The van der Waals surface area contributed by atoms with Crippen LogP contribution in [0.25, 0.3) is 16.3 Å². The zero-order valence-electron chi connectivity index (χ0n) is 8.51. The van der Waals surface area contributed by atoms with Gasteiger partial charge >= 0.3 is 0 Å². The molecule has 0 atom stereocenters. The van der Waals surface area contributed by atoms with Crippen molar-refractivity contribution in [3.63, 3.8) is 0 Å². The molecule has 16 heavy (non-hydrogen) atoms. The van der Waals surface area contributed by atoms with Crippen molar-refractivity contribution in [2.75, 3.05) is 0 Å². The SMILES string of the molecule is C1=NC=C2C1=Nc1ccc3ccccc3c12. The average molecular weight is 204 g/mol. The quantitative estimate of drug-likeness (QED) is 0.628. The van der Waals surface area contributed by atoms with Gasteiger partial charge in [-0.05, 0) is 16.8 Å². The summed E-state index contributed by atoms with van der Waals surface area (Å²) in [4.78, 5) is 8.72. The summed E-state index contributed by atoms with van der Waals surface area (Å²) in [5.41, 5.74) is 4.44. The molecule has 0 aromatic heterocycles. The molecule has 2 aliphatic heterocycles. The predicted octanol–water partition coefficient (Wildman–Crippen LogP) is 3.35. The Morgan fingerprint density at radius 3 is 2.88 bits per heavy atom. The van der Waals surface area contributed by atoms with Crippen LogP contribution in [0.2, 0.25) is 0 Å². The number of nitrogens with zero attached hydrogens (tertiary/aromatic N) is 2. The third kappa shape index (κ3) is 0.865. The largest absolute Gasteiger partial charge is 0.262 e. The molecule has 2 nitrogen and oxygen atoms in total. The Morgan fingerprint density at radius 2 is 1.88 bits per heavy atom. The van der Waals surface area contributed by atoms with Crippen LogP contribution in [0.3, 0.4) is 0 Å². The van der Waals surface area contributed by atoms with Gasteiger partial charge in [-0.1, -0.05) is 30.3 Å². The third-order valence-electron chi connectivity index (χ3n) is 3.09. The second kappa shape index (κ2) is 2.67. The van der Waals surface area contributed by atoms with E-state index in [0.717, 1.165) is 17.0 Å². The van der Waals surface area contributed by atoms with Crippen molar-refractivity contribution in [2.24, 2.45) is 9.98 Å². The highest BCUT2D eigenvalue weighted by molar-refractivity contribution is 6.55. The third-order valence-corrected chi connectivity index (χ3v) is 3.09. The van der Waals surface area contributed by atoms with E-state index in [1.165, 1.54) is 16.3 Å². The van der Waals surface area contributed by atoms with E-state index in [-0.39, 0.29) is 0 Å². The van der Waals surface area contributed by atoms with Crippen molar-refractivity contribution < 1.29 is 0 Å². The van der Waals surface area contributed by atoms with Gasteiger partial charge in [0.25, 0.3) is 0 Å². The van der Waals surface area contributed by atoms with Crippen LogP contribution in [0, 0.1) is 0 Å². The zero-order chi connectivity index (χ0) is 10.5. The van der Waals surface area contributed by atoms with Crippen molar-refractivity contribution >= 4 is 34.0 Å². The molecule has 0 spiro atoms. The van der Waals surface area contributed by atoms with Gasteiger partial charge in [0.15, 0.2) is 0 Å². The molecule has 0 fully saturated rings. The zero-order valence-corrected chi connectivity index (χ0v) is 8.51. The van der Waals surface area contributed by atoms with E-state index in [9.17, 15) is 0 Å². The molecule has 2 heterocycles. The van der Waals surface area contributed by atoms with Gasteiger partial charge in [0, 0.05) is 17.3 Å². The standard InChI is InChI=1S/C14H8N2/c1-2-4-10-9(3-1)5-6-12-14(10)11-7-15-8-13(11)16-12/h1-8H. The van der Waals surface area contributed by atoms with Gasteiger partial charge in [-0.15, -0.1) is 0 Å². The summed E-state index contributed by atoms with van der Waals surface area (Å²) >= 11 is 0. The van der Waals surface area contributed by atoms with Gasteiger partial charge in [-0.25, -0.2) is 4.99 Å². The van der Waals surface area contributed by atoms with Crippen molar-refractivity contribution in [3.05, 3.63) is 48.2 Å². The number of aliphatic imine (C=N–C) groups is 2. The number of rotatable bonds is 0. The first-order valence-electron chi connectivity index (χ1n) is 5.28. The van der Waals surface area contributed by atoms with Crippen molar-refractivity contribution in [2.45, 2.75) is 0 Å². The summed E-state index contributed by atoms with van der Waals surface area (Å²) in [6.07, 6.45) is 3.72. The summed E-state index contributed by atoms with van der Waals surface area (Å²) in [5.74, 6) is 0. The monoisotopic (exact) mass is 204 g/mol. The smallest absolute Gasteiger partial charge is 0.0914 e. The lowest BCUT2D eigenvalue weighted by Crippen LogP contribution is -1.92. The summed E-state index contributed by atoms with van der Waals surface area (Å²) < 4.78 is 0. The first kappa shape index (κ1) is 7.99. The summed E-state index contributed by atoms with van der Waals surface area (Å²) in [5, 5.41) is 2.51. The van der Waals surface area contributed by atoms with Gasteiger partial charge in [-0.2, -0.15) is 0 Å². The molecule has 0 amide bonds. The molecular weight excluding hydrogens is 196 g/mol. The van der Waals surface area contributed by atoms with E-state index in [1.807, 2.05) is 12.4 Å². The molecule has 4 rings (SSSR count). The molecule has 0 N–H and O–H groups in total. The predicted molar refractivity (Wildman–Crippen MR) is 67.5 cm³/mol. The summed E-state index contributed by atoms with van der Waals surface area (Å²) in [6, 6.07) is 12.6. The second-order valence-corrected chi connectivity index (χ2v) is 4.00. The number of allylic oxidation sites excluding steroid dienone is 1. The van der Waals surface area contributed by atoms with E-state index < -0.39 is 0 Å². The molecule has 0 bridgehead atoms. The molecule has 74 valence electrons. The Balaban J connectivity index is 2.16. The van der Waals surface area contributed by atoms with Crippen LogP contribution in [0.4, 0.5) is 5.69 Å². The molecular formula is C14H8N2. The Kier molecular flexibility index (Phi) is 1.33. The van der Waals surface area contributed by atoms with E-state index in [4.69, 9.17) is 0 Å². The molecule has 0 radical (unpaired) electrons. The molecule has 2 aromatic carbocycles. The first-order chi connectivity index (χ1) is 7.93. The fourth-order valence-electron chi connectivity index (χ4n) is 2.37. The minimum absolute atomic E-state index is 0.992. The van der Waals surface area contributed by atoms with E-state index in [0.29, 0.717) is 0 Å². The lowest BCUT2D eigenvalue weighted by molar-refractivity contribution is 1.56. The minimum Gasteiger partial charge on any atom is -0.262 e. The van der Waals surface area contributed by atoms with Crippen molar-refractivity contribution in [1.29, 1.82) is 0 Å². The number of hydrogen-bond acceptors (Lipinski definition) is 2. The Morgan fingerprint density at radius 1 is 0.938 bits per heavy atom. The van der Waals surface area contributed by atoms with Crippen LogP contribution in [-0.4, -0.2) is 11.9 Å². The fraction of sp³-hybridized carbons (Fsp3) is 0. The maximum atomic E-state index is 4.56. The van der Waals surface area contributed by atoms with E-state index in [2.05, 4.69) is 46.4 Å². The molecule has 0 saturated heterocycles. The van der Waals surface area contributed by atoms with Crippen LogP contribution < -0.4 is 0 Å². The van der Waals surface area contributed by atoms with Gasteiger partial charge in [-0.3, -0.25) is 4.99 Å². The van der Waals surface area contributed by atoms with E-state index >= 15 is 0 Å². The lowest BCUT2D eigenvalue weighted by Gasteiger charge is -2.04. The topological polar surface area (TPSA) is 24.7 Å². The summed E-state index contributed by atoms with van der Waals surface area (Å²) in [6.45, 7) is 0.